The number of halogens is 1. The van der Waals surface area contributed by atoms with Crippen molar-refractivity contribution in [3.8, 4) is 0 Å². The van der Waals surface area contributed by atoms with Gasteiger partial charge in [-0.25, -0.2) is 0 Å². The maximum absolute atomic E-state index is 6.17. The Morgan fingerprint density at radius 1 is 1.48 bits per heavy atom. The summed E-state index contributed by atoms with van der Waals surface area (Å²) in [4.78, 5) is 0. The number of thioether (sulfide) groups is 1. The molecule has 0 saturated carbocycles. The quantitative estimate of drug-likeness (QED) is 0.856. The molecule has 4 heteroatoms. The normalized spacial score (nSPS) is 30.7. The molecular weight excluding hydrogens is 346 g/mol. The number of ether oxygens (including phenoxy) is 1. The summed E-state index contributed by atoms with van der Waals surface area (Å²) in [7, 11) is 2.09. The lowest BCUT2D eigenvalue weighted by molar-refractivity contribution is -0.0850. The highest BCUT2D eigenvalue weighted by Gasteiger charge is 2.42. The van der Waals surface area contributed by atoms with E-state index >= 15 is 0 Å². The van der Waals surface area contributed by atoms with Crippen molar-refractivity contribution in [1.29, 1.82) is 0 Å². The Morgan fingerprint density at radius 3 is 3.00 bits per heavy atom. The van der Waals surface area contributed by atoms with Crippen LogP contribution in [0.25, 0.3) is 0 Å². The second kappa shape index (κ2) is 6.61. The van der Waals surface area contributed by atoms with Crippen LogP contribution in [0.4, 0.5) is 0 Å². The molecule has 2 saturated heterocycles. The fourth-order valence-electron chi connectivity index (χ4n) is 3.75. The molecular formula is C17H24BrNOS. The van der Waals surface area contributed by atoms with Crippen molar-refractivity contribution in [1.82, 2.24) is 5.32 Å². The summed E-state index contributed by atoms with van der Waals surface area (Å²) in [5, 5.41) is 3.56. The molecule has 1 aromatic rings. The van der Waals surface area contributed by atoms with E-state index in [1.165, 1.54) is 39.9 Å². The first-order chi connectivity index (χ1) is 10.1. The zero-order valence-electron chi connectivity index (χ0n) is 12.8. The molecule has 3 unspecified atom stereocenters. The summed E-state index contributed by atoms with van der Waals surface area (Å²) in [6, 6.07) is 7.18. The fourth-order valence-corrected chi connectivity index (χ4v) is 5.37. The average Bonchev–Trinajstić information content (AvgIpc) is 2.91. The van der Waals surface area contributed by atoms with Crippen LogP contribution in [0.5, 0.6) is 0 Å². The monoisotopic (exact) mass is 369 g/mol. The van der Waals surface area contributed by atoms with E-state index in [0.29, 0.717) is 12.0 Å². The lowest BCUT2D eigenvalue weighted by Crippen LogP contribution is -2.43. The maximum atomic E-state index is 6.17. The van der Waals surface area contributed by atoms with Crippen LogP contribution in [0, 0.1) is 12.8 Å². The minimum absolute atomic E-state index is 0.160. The van der Waals surface area contributed by atoms with Crippen molar-refractivity contribution in [2.75, 3.05) is 25.2 Å². The van der Waals surface area contributed by atoms with Gasteiger partial charge in [-0.1, -0.05) is 28.1 Å². The predicted molar refractivity (Wildman–Crippen MR) is 94.0 cm³/mol. The van der Waals surface area contributed by atoms with E-state index in [2.05, 4.69) is 53.4 Å². The summed E-state index contributed by atoms with van der Waals surface area (Å²) >= 11 is 5.65. The van der Waals surface area contributed by atoms with Crippen LogP contribution in [-0.4, -0.2) is 30.8 Å². The molecule has 1 aromatic carbocycles. The smallest absolute Gasteiger partial charge is 0.0783 e. The Morgan fingerprint density at radius 2 is 2.33 bits per heavy atom. The van der Waals surface area contributed by atoms with Crippen LogP contribution in [-0.2, 0) is 4.74 Å². The molecule has 0 aliphatic carbocycles. The maximum Gasteiger partial charge on any atom is 0.0783 e. The van der Waals surface area contributed by atoms with Gasteiger partial charge < -0.3 is 10.1 Å². The molecule has 1 spiro atoms. The Bertz CT molecular complexity index is 502. The van der Waals surface area contributed by atoms with Crippen LogP contribution < -0.4 is 5.32 Å². The molecule has 2 nitrogen and oxygen atoms in total. The lowest BCUT2D eigenvalue weighted by Gasteiger charge is -2.41. The van der Waals surface area contributed by atoms with Crippen molar-refractivity contribution in [2.45, 2.75) is 37.8 Å². The molecule has 0 radical (unpaired) electrons. The largest absolute Gasteiger partial charge is 0.374 e. The van der Waals surface area contributed by atoms with Gasteiger partial charge >= 0.3 is 0 Å². The molecule has 116 valence electrons. The van der Waals surface area contributed by atoms with Gasteiger partial charge in [-0.2, -0.15) is 11.8 Å². The number of benzene rings is 1. The van der Waals surface area contributed by atoms with Gasteiger partial charge in [-0.15, -0.1) is 0 Å². The molecule has 2 heterocycles. The fraction of sp³-hybridized carbons (Fsp3) is 0.647. The molecule has 1 N–H and O–H groups in total. The zero-order chi connectivity index (χ0) is 14.9. The third-order valence-corrected chi connectivity index (χ3v) is 7.03. The SMILES string of the molecule is CNC(c1ccc(Br)c(C)c1)C1CCOC2(CCSC2)C1. The van der Waals surface area contributed by atoms with E-state index in [-0.39, 0.29) is 5.60 Å². The van der Waals surface area contributed by atoms with Gasteiger partial charge in [0.25, 0.3) is 0 Å². The second-order valence-electron chi connectivity index (χ2n) is 6.36. The minimum Gasteiger partial charge on any atom is -0.374 e. The number of aryl methyl sites for hydroxylation is 1. The predicted octanol–water partition coefficient (Wildman–Crippen LogP) is 4.32. The van der Waals surface area contributed by atoms with E-state index in [4.69, 9.17) is 4.74 Å². The average molecular weight is 370 g/mol. The zero-order valence-corrected chi connectivity index (χ0v) is 15.2. The Kier molecular flexibility index (Phi) is 4.99. The molecule has 2 fully saturated rings. The topological polar surface area (TPSA) is 21.3 Å². The first-order valence-electron chi connectivity index (χ1n) is 7.79. The molecule has 0 aromatic heterocycles. The summed E-state index contributed by atoms with van der Waals surface area (Å²) in [6.07, 6.45) is 3.58. The van der Waals surface area contributed by atoms with E-state index in [9.17, 15) is 0 Å². The summed E-state index contributed by atoms with van der Waals surface area (Å²) in [5.74, 6) is 3.11. The van der Waals surface area contributed by atoms with Crippen LogP contribution in [0.2, 0.25) is 0 Å². The molecule has 3 rings (SSSR count). The molecule has 3 atom stereocenters. The number of hydrogen-bond donors (Lipinski definition) is 1. The standard InChI is InChI=1S/C17H24BrNOS/c1-12-9-13(3-4-15(12)18)16(19-2)14-5-7-20-17(10-14)6-8-21-11-17/h3-4,9,14,16,19H,5-8,10-11H2,1-2H3. The van der Waals surface area contributed by atoms with Crippen molar-refractivity contribution < 1.29 is 4.74 Å². The third-order valence-electron chi connectivity index (χ3n) is 4.92. The second-order valence-corrected chi connectivity index (χ2v) is 8.32. The van der Waals surface area contributed by atoms with Crippen molar-refractivity contribution in [3.63, 3.8) is 0 Å². The van der Waals surface area contributed by atoms with Gasteiger partial charge in [0.2, 0.25) is 0 Å². The molecule has 0 amide bonds. The highest BCUT2D eigenvalue weighted by atomic mass is 79.9. The van der Waals surface area contributed by atoms with E-state index in [0.717, 1.165) is 13.0 Å². The minimum atomic E-state index is 0.160. The van der Waals surface area contributed by atoms with Gasteiger partial charge in [0.1, 0.15) is 0 Å². The summed E-state index contributed by atoms with van der Waals surface area (Å²) in [6.45, 7) is 3.08. The van der Waals surface area contributed by atoms with Crippen LogP contribution in [0.3, 0.4) is 0 Å². The van der Waals surface area contributed by atoms with Gasteiger partial charge in [0.15, 0.2) is 0 Å². The number of hydrogen-bond acceptors (Lipinski definition) is 3. The molecule has 2 aliphatic heterocycles. The molecule has 2 aliphatic rings. The highest BCUT2D eigenvalue weighted by molar-refractivity contribution is 9.10. The summed E-state index contributed by atoms with van der Waals surface area (Å²) < 4.78 is 7.37. The van der Waals surface area contributed by atoms with E-state index in [1.54, 1.807) is 0 Å². The molecule has 21 heavy (non-hydrogen) atoms. The van der Waals surface area contributed by atoms with E-state index < -0.39 is 0 Å². The Labute approximate surface area is 140 Å². The Hall–Kier alpha value is -0.0300. The first-order valence-corrected chi connectivity index (χ1v) is 9.73. The summed E-state index contributed by atoms with van der Waals surface area (Å²) in [5.41, 5.74) is 2.88. The van der Waals surface area contributed by atoms with Crippen molar-refractivity contribution >= 4 is 27.7 Å². The van der Waals surface area contributed by atoms with Gasteiger partial charge in [0.05, 0.1) is 5.60 Å². The van der Waals surface area contributed by atoms with Crippen molar-refractivity contribution in [2.24, 2.45) is 5.92 Å². The molecule has 0 bridgehead atoms. The number of rotatable bonds is 3. The van der Waals surface area contributed by atoms with Crippen LogP contribution >= 0.6 is 27.7 Å². The van der Waals surface area contributed by atoms with Gasteiger partial charge in [-0.05, 0) is 62.1 Å². The van der Waals surface area contributed by atoms with Crippen molar-refractivity contribution in [3.05, 3.63) is 33.8 Å². The Balaban J connectivity index is 1.80. The lowest BCUT2D eigenvalue weighted by atomic mass is 9.79. The van der Waals surface area contributed by atoms with Crippen LogP contribution in [0.1, 0.15) is 36.4 Å². The van der Waals surface area contributed by atoms with Gasteiger partial charge in [-0.3, -0.25) is 0 Å². The number of nitrogens with one attached hydrogen (secondary N) is 1. The van der Waals surface area contributed by atoms with E-state index in [1.807, 2.05) is 11.8 Å². The highest BCUT2D eigenvalue weighted by Crippen LogP contribution is 2.44. The van der Waals surface area contributed by atoms with Gasteiger partial charge in [0, 0.05) is 22.9 Å². The third kappa shape index (κ3) is 3.34. The first kappa shape index (κ1) is 15.9. The van der Waals surface area contributed by atoms with Crippen LogP contribution in [0.15, 0.2) is 22.7 Å².